The molecule has 0 unspecified atom stereocenters. The van der Waals surface area contributed by atoms with Crippen molar-refractivity contribution >= 4 is 11.8 Å². The molecule has 0 aliphatic rings. The SMILES string of the molecule is COCC(=O)c1ccc(CC(=O)O)cc1COC. The lowest BCUT2D eigenvalue weighted by atomic mass is 10.00. The maximum atomic E-state index is 11.8. The zero-order chi connectivity index (χ0) is 13.5. The molecule has 1 aromatic carbocycles. The molecule has 18 heavy (non-hydrogen) atoms. The molecule has 0 saturated carbocycles. The number of benzene rings is 1. The largest absolute Gasteiger partial charge is 0.481 e. The molecular formula is C13H16O5. The van der Waals surface area contributed by atoms with Crippen LogP contribution in [0.1, 0.15) is 21.5 Å². The Morgan fingerprint density at radius 1 is 1.22 bits per heavy atom. The lowest BCUT2D eigenvalue weighted by molar-refractivity contribution is -0.136. The van der Waals surface area contributed by atoms with Crippen molar-refractivity contribution in [2.75, 3.05) is 20.8 Å². The van der Waals surface area contributed by atoms with E-state index >= 15 is 0 Å². The Kier molecular flexibility index (Phi) is 5.48. The van der Waals surface area contributed by atoms with Gasteiger partial charge in [0.25, 0.3) is 0 Å². The summed E-state index contributed by atoms with van der Waals surface area (Å²) in [7, 11) is 2.97. The molecule has 0 spiro atoms. The van der Waals surface area contributed by atoms with E-state index in [0.717, 1.165) is 0 Å². The van der Waals surface area contributed by atoms with Crippen LogP contribution in [0.25, 0.3) is 0 Å². The first-order valence-electron chi connectivity index (χ1n) is 5.43. The predicted molar refractivity (Wildman–Crippen MR) is 64.7 cm³/mol. The highest BCUT2D eigenvalue weighted by molar-refractivity contribution is 5.98. The number of carbonyl (C=O) groups excluding carboxylic acids is 1. The van der Waals surface area contributed by atoms with Crippen LogP contribution < -0.4 is 0 Å². The van der Waals surface area contributed by atoms with Gasteiger partial charge >= 0.3 is 5.97 Å². The summed E-state index contributed by atoms with van der Waals surface area (Å²) < 4.78 is 9.82. The minimum Gasteiger partial charge on any atom is -0.481 e. The maximum absolute atomic E-state index is 11.8. The lowest BCUT2D eigenvalue weighted by Gasteiger charge is -2.09. The summed E-state index contributed by atoms with van der Waals surface area (Å²) in [5, 5.41) is 8.73. The molecule has 1 rings (SSSR count). The molecule has 0 amide bonds. The Morgan fingerprint density at radius 3 is 2.50 bits per heavy atom. The average molecular weight is 252 g/mol. The molecule has 0 bridgehead atoms. The molecule has 5 heteroatoms. The van der Waals surface area contributed by atoms with Gasteiger partial charge in [-0.3, -0.25) is 9.59 Å². The van der Waals surface area contributed by atoms with Crippen LogP contribution in [0.4, 0.5) is 0 Å². The quantitative estimate of drug-likeness (QED) is 0.740. The highest BCUT2D eigenvalue weighted by Gasteiger charge is 2.12. The third-order valence-corrected chi connectivity index (χ3v) is 2.40. The van der Waals surface area contributed by atoms with E-state index in [4.69, 9.17) is 14.6 Å². The first-order valence-corrected chi connectivity index (χ1v) is 5.43. The summed E-state index contributed by atoms with van der Waals surface area (Å²) in [6, 6.07) is 4.94. The Balaban J connectivity index is 3.03. The fraction of sp³-hybridized carbons (Fsp3) is 0.385. The molecule has 0 saturated heterocycles. The fourth-order valence-electron chi connectivity index (χ4n) is 1.69. The fourth-order valence-corrected chi connectivity index (χ4v) is 1.69. The van der Waals surface area contributed by atoms with Crippen molar-refractivity contribution in [2.45, 2.75) is 13.0 Å². The van der Waals surface area contributed by atoms with Crippen LogP contribution in [0.3, 0.4) is 0 Å². The van der Waals surface area contributed by atoms with E-state index in [9.17, 15) is 9.59 Å². The zero-order valence-corrected chi connectivity index (χ0v) is 10.4. The second-order valence-electron chi connectivity index (χ2n) is 3.85. The van der Waals surface area contributed by atoms with Crippen molar-refractivity contribution in [1.29, 1.82) is 0 Å². The van der Waals surface area contributed by atoms with E-state index in [2.05, 4.69) is 0 Å². The second-order valence-corrected chi connectivity index (χ2v) is 3.85. The number of carboxylic acids is 1. The average Bonchev–Trinajstić information content (AvgIpc) is 2.29. The van der Waals surface area contributed by atoms with E-state index in [0.29, 0.717) is 16.7 Å². The third kappa shape index (κ3) is 3.94. The van der Waals surface area contributed by atoms with Gasteiger partial charge in [-0.1, -0.05) is 18.2 Å². The van der Waals surface area contributed by atoms with Gasteiger partial charge in [-0.2, -0.15) is 0 Å². The van der Waals surface area contributed by atoms with Crippen molar-refractivity contribution in [3.05, 3.63) is 34.9 Å². The number of methoxy groups -OCH3 is 2. The van der Waals surface area contributed by atoms with E-state index in [1.165, 1.54) is 14.2 Å². The van der Waals surface area contributed by atoms with E-state index in [1.54, 1.807) is 18.2 Å². The van der Waals surface area contributed by atoms with Crippen LogP contribution in [0.15, 0.2) is 18.2 Å². The zero-order valence-electron chi connectivity index (χ0n) is 10.4. The summed E-state index contributed by atoms with van der Waals surface area (Å²) in [5.74, 6) is -1.05. The molecule has 0 aromatic heterocycles. The molecule has 0 fully saturated rings. The molecule has 5 nitrogen and oxygen atoms in total. The Morgan fingerprint density at radius 2 is 1.94 bits per heavy atom. The Bertz CT molecular complexity index is 439. The topological polar surface area (TPSA) is 72.8 Å². The lowest BCUT2D eigenvalue weighted by Crippen LogP contribution is -2.11. The summed E-state index contributed by atoms with van der Waals surface area (Å²) in [5.41, 5.74) is 1.83. The number of rotatable bonds is 7. The van der Waals surface area contributed by atoms with Gasteiger partial charge in [0.05, 0.1) is 13.0 Å². The van der Waals surface area contributed by atoms with Crippen LogP contribution in [-0.4, -0.2) is 37.7 Å². The summed E-state index contributed by atoms with van der Waals surface area (Å²) in [6.07, 6.45) is -0.0739. The first kappa shape index (κ1) is 14.3. The Hall–Kier alpha value is -1.72. The molecule has 1 aromatic rings. The van der Waals surface area contributed by atoms with Crippen molar-refractivity contribution in [3.63, 3.8) is 0 Å². The van der Waals surface area contributed by atoms with Crippen LogP contribution in [-0.2, 0) is 27.3 Å². The van der Waals surface area contributed by atoms with Crippen LogP contribution in [0, 0.1) is 0 Å². The number of hydrogen-bond donors (Lipinski definition) is 1. The summed E-state index contributed by atoms with van der Waals surface area (Å²) in [4.78, 5) is 22.4. The highest BCUT2D eigenvalue weighted by atomic mass is 16.5. The monoisotopic (exact) mass is 252 g/mol. The van der Waals surface area contributed by atoms with E-state index in [-0.39, 0.29) is 25.4 Å². The molecule has 0 atom stereocenters. The van der Waals surface area contributed by atoms with Crippen molar-refractivity contribution < 1.29 is 24.2 Å². The second kappa shape index (κ2) is 6.88. The van der Waals surface area contributed by atoms with Gasteiger partial charge in [-0.15, -0.1) is 0 Å². The number of ketones is 1. The van der Waals surface area contributed by atoms with Crippen LogP contribution in [0.2, 0.25) is 0 Å². The third-order valence-electron chi connectivity index (χ3n) is 2.40. The van der Waals surface area contributed by atoms with Gasteiger partial charge in [-0.25, -0.2) is 0 Å². The number of aliphatic carboxylic acids is 1. The summed E-state index contributed by atoms with van der Waals surface area (Å²) >= 11 is 0. The summed E-state index contributed by atoms with van der Waals surface area (Å²) in [6.45, 7) is 0.257. The maximum Gasteiger partial charge on any atom is 0.307 e. The molecule has 0 aliphatic carbocycles. The first-order chi connectivity index (χ1) is 8.58. The number of hydrogen-bond acceptors (Lipinski definition) is 4. The van der Waals surface area contributed by atoms with Crippen LogP contribution >= 0.6 is 0 Å². The van der Waals surface area contributed by atoms with Gasteiger partial charge in [0.2, 0.25) is 0 Å². The number of carbonyl (C=O) groups is 2. The molecule has 1 N–H and O–H groups in total. The molecule has 0 heterocycles. The van der Waals surface area contributed by atoms with Crippen molar-refractivity contribution in [3.8, 4) is 0 Å². The normalized spacial score (nSPS) is 10.3. The Labute approximate surface area is 105 Å². The van der Waals surface area contributed by atoms with Gasteiger partial charge in [0.15, 0.2) is 5.78 Å². The molecule has 98 valence electrons. The van der Waals surface area contributed by atoms with Gasteiger partial charge in [0.1, 0.15) is 6.61 Å². The van der Waals surface area contributed by atoms with Crippen molar-refractivity contribution in [2.24, 2.45) is 0 Å². The van der Waals surface area contributed by atoms with Crippen LogP contribution in [0.5, 0.6) is 0 Å². The van der Waals surface area contributed by atoms with Gasteiger partial charge in [0, 0.05) is 19.8 Å². The molecule has 0 aliphatic heterocycles. The molecule has 0 radical (unpaired) electrons. The van der Waals surface area contributed by atoms with Gasteiger partial charge in [-0.05, 0) is 11.1 Å². The number of ether oxygens (including phenoxy) is 2. The van der Waals surface area contributed by atoms with E-state index < -0.39 is 5.97 Å². The minimum absolute atomic E-state index is 0.00497. The highest BCUT2D eigenvalue weighted by Crippen LogP contribution is 2.15. The van der Waals surface area contributed by atoms with E-state index in [1.807, 2.05) is 0 Å². The van der Waals surface area contributed by atoms with Crippen molar-refractivity contribution in [1.82, 2.24) is 0 Å². The number of carboxylic acid groups (broad SMARTS) is 1. The number of Topliss-reactive ketones (excluding diaryl/α,β-unsaturated/α-hetero) is 1. The minimum atomic E-state index is -0.908. The molecular weight excluding hydrogens is 236 g/mol. The van der Waals surface area contributed by atoms with Gasteiger partial charge < -0.3 is 14.6 Å². The standard InChI is InChI=1S/C13H16O5/c1-17-7-10-5-9(6-13(15)16)3-4-11(10)12(14)8-18-2/h3-5H,6-8H2,1-2H3,(H,15,16). The predicted octanol–water partition coefficient (Wildman–Crippen LogP) is 1.29. The smallest absolute Gasteiger partial charge is 0.307 e.